The third kappa shape index (κ3) is 6.51. The monoisotopic (exact) mass is 538 g/mol. The first kappa shape index (κ1) is 29.5. The fraction of sp³-hybridized carbons (Fsp3) is 0.630. The highest BCUT2D eigenvalue weighted by atomic mass is 31.2. The van der Waals surface area contributed by atoms with Gasteiger partial charge in [0, 0.05) is 17.3 Å². The minimum atomic E-state index is -1.73. The van der Waals surface area contributed by atoms with Crippen LogP contribution in [-0.4, -0.2) is 22.3 Å². The summed E-state index contributed by atoms with van der Waals surface area (Å²) in [5.74, 6) is 0.208. The van der Waals surface area contributed by atoms with E-state index in [0.717, 1.165) is 5.56 Å². The first-order valence-corrected chi connectivity index (χ1v) is 13.9. The average Bonchev–Trinajstić information content (AvgIpc) is 3.28. The van der Waals surface area contributed by atoms with Gasteiger partial charge in [0.25, 0.3) is 5.56 Å². The number of aromatic nitrogens is 2. The van der Waals surface area contributed by atoms with Crippen molar-refractivity contribution in [2.45, 2.75) is 105 Å². The number of H-pyrrole nitrogens is 1. The highest BCUT2D eigenvalue weighted by Crippen LogP contribution is 2.52. The third-order valence-electron chi connectivity index (χ3n) is 6.31. The van der Waals surface area contributed by atoms with E-state index in [4.69, 9.17) is 18.3 Å². The number of benzene rings is 1. The molecule has 37 heavy (non-hydrogen) atoms. The predicted octanol–water partition coefficient (Wildman–Crippen LogP) is 6.14. The molecule has 3 atom stereocenters. The van der Waals surface area contributed by atoms with Gasteiger partial charge in [-0.15, -0.1) is 0 Å². The van der Waals surface area contributed by atoms with Crippen molar-refractivity contribution in [2.75, 3.05) is 6.61 Å². The minimum absolute atomic E-state index is 0.0695. The van der Waals surface area contributed by atoms with Crippen LogP contribution in [0.1, 0.15) is 96.7 Å². The molecule has 3 unspecified atom stereocenters. The van der Waals surface area contributed by atoms with E-state index in [9.17, 15) is 9.59 Å². The minimum Gasteiger partial charge on any atom is -0.426 e. The molecule has 1 N–H and O–H groups in total. The van der Waals surface area contributed by atoms with Crippen LogP contribution in [0.15, 0.2) is 21.9 Å². The second-order valence-corrected chi connectivity index (χ2v) is 12.4. The van der Waals surface area contributed by atoms with Crippen molar-refractivity contribution in [3.8, 4) is 5.75 Å². The molecule has 1 aromatic carbocycles. The number of nitrogens with zero attached hydrogens (tertiary/aromatic N) is 1. The number of fused-ring (bicyclic) bond motifs is 1. The number of aromatic amines is 1. The van der Waals surface area contributed by atoms with Crippen molar-refractivity contribution in [1.29, 1.82) is 0 Å². The number of hydrogen-bond acceptors (Lipinski definition) is 6. The Morgan fingerprint density at radius 2 is 1.76 bits per heavy atom. The highest BCUT2D eigenvalue weighted by molar-refractivity contribution is 7.42. The average molecular weight is 539 g/mol. The summed E-state index contributed by atoms with van der Waals surface area (Å²) in [6.45, 7) is 18.1. The molecule has 1 fully saturated rings. The zero-order chi connectivity index (χ0) is 27.7. The molecule has 206 valence electrons. The van der Waals surface area contributed by atoms with Gasteiger partial charge in [0.2, 0.25) is 0 Å². The van der Waals surface area contributed by atoms with Gasteiger partial charge < -0.3 is 9.26 Å². The Morgan fingerprint density at radius 1 is 1.11 bits per heavy atom. The Balaban J connectivity index is 0.00000186. The van der Waals surface area contributed by atoms with E-state index in [2.05, 4.69) is 25.8 Å². The third-order valence-corrected chi connectivity index (χ3v) is 7.34. The van der Waals surface area contributed by atoms with Gasteiger partial charge in [-0.05, 0) is 42.2 Å². The van der Waals surface area contributed by atoms with Crippen LogP contribution in [0.25, 0.3) is 0 Å². The van der Waals surface area contributed by atoms with Gasteiger partial charge in [0.05, 0.1) is 24.9 Å². The number of rotatable bonds is 4. The summed E-state index contributed by atoms with van der Waals surface area (Å²) in [7, 11) is -1.73. The smallest absolute Gasteiger partial charge is 0.397 e. The molecule has 10 heteroatoms. The van der Waals surface area contributed by atoms with E-state index in [-0.39, 0.29) is 36.0 Å². The molecular weight excluding hydrogens is 498 g/mol. The lowest BCUT2D eigenvalue weighted by atomic mass is 9.78. The number of halogens is 1. The Kier molecular flexibility index (Phi) is 9.05. The number of ether oxygens (including phenoxy) is 1. The van der Waals surface area contributed by atoms with Gasteiger partial charge in [-0.2, -0.15) is 0 Å². The molecule has 0 radical (unpaired) electrons. The topological polar surface area (TPSA) is 91.8 Å². The van der Waals surface area contributed by atoms with Gasteiger partial charge in [0.15, 0.2) is 0 Å². The van der Waals surface area contributed by atoms with E-state index in [0.29, 0.717) is 35.3 Å². The van der Waals surface area contributed by atoms with Crippen LogP contribution in [0, 0.1) is 12.7 Å². The summed E-state index contributed by atoms with van der Waals surface area (Å²) in [5, 5.41) is 0. The zero-order valence-corrected chi connectivity index (χ0v) is 24.3. The Labute approximate surface area is 219 Å². The Morgan fingerprint density at radius 3 is 2.38 bits per heavy atom. The maximum absolute atomic E-state index is 15.4. The van der Waals surface area contributed by atoms with E-state index in [1.807, 2.05) is 40.7 Å². The zero-order valence-electron chi connectivity index (χ0n) is 23.4. The van der Waals surface area contributed by atoms with E-state index in [1.54, 1.807) is 6.92 Å². The van der Waals surface area contributed by atoms with E-state index < -0.39 is 26.1 Å². The van der Waals surface area contributed by atoms with Crippen molar-refractivity contribution in [3.63, 3.8) is 0 Å². The van der Waals surface area contributed by atoms with Crippen LogP contribution in [0.5, 0.6) is 5.75 Å². The quantitative estimate of drug-likeness (QED) is 0.471. The lowest BCUT2D eigenvalue weighted by molar-refractivity contribution is -0.0230. The maximum Gasteiger partial charge on any atom is 0.397 e. The van der Waals surface area contributed by atoms with Crippen molar-refractivity contribution < 1.29 is 22.7 Å². The molecule has 2 aliphatic heterocycles. The van der Waals surface area contributed by atoms with Crippen LogP contribution in [0.3, 0.4) is 0 Å². The fourth-order valence-corrected chi connectivity index (χ4v) is 5.33. The van der Waals surface area contributed by atoms with E-state index in [1.165, 1.54) is 10.8 Å². The summed E-state index contributed by atoms with van der Waals surface area (Å²) in [5.41, 5.74) is 0.894. The van der Waals surface area contributed by atoms with E-state index >= 15 is 4.39 Å². The van der Waals surface area contributed by atoms with Crippen LogP contribution >= 0.6 is 8.60 Å². The molecule has 2 aromatic rings. The second kappa shape index (κ2) is 11.4. The van der Waals surface area contributed by atoms with Crippen molar-refractivity contribution in [2.24, 2.45) is 0 Å². The van der Waals surface area contributed by atoms with Crippen molar-refractivity contribution in [1.82, 2.24) is 9.55 Å². The number of nitrogens with one attached hydrogen (secondary N) is 1. The summed E-state index contributed by atoms with van der Waals surface area (Å²) < 4.78 is 40.6. The van der Waals surface area contributed by atoms with Crippen LogP contribution in [0.4, 0.5) is 4.39 Å². The molecule has 8 nitrogen and oxygen atoms in total. The Bertz CT molecular complexity index is 1230. The molecule has 0 saturated carbocycles. The predicted molar refractivity (Wildman–Crippen MR) is 143 cm³/mol. The molecule has 0 amide bonds. The largest absolute Gasteiger partial charge is 0.426 e. The maximum atomic E-state index is 15.4. The molecular formula is C27H40FN2O6P. The summed E-state index contributed by atoms with van der Waals surface area (Å²) >= 11 is 0. The first-order chi connectivity index (χ1) is 17.3. The number of aryl methyl sites for hydroxylation is 1. The van der Waals surface area contributed by atoms with Crippen molar-refractivity contribution in [3.05, 3.63) is 61.2 Å². The molecule has 2 aliphatic rings. The standard InChI is InChI=1S/C25H34FN2O6P.C2H6/c1-14-11-28(23(30)27-22(14)29)19-9-8-15(33-19)12-31-35-32-13-16-20(26)17(24(2,3)4)10-18(21(16)34-35)25(5,6)7;1-2/h10-11,15,19H,8-9,12-13H2,1-7H3,(H,27,29,30);1-2H3. The van der Waals surface area contributed by atoms with Crippen molar-refractivity contribution >= 4 is 8.60 Å². The molecule has 1 saturated heterocycles. The Hall–Kier alpha value is -2.06. The van der Waals surface area contributed by atoms with Crippen LogP contribution in [0.2, 0.25) is 0 Å². The van der Waals surface area contributed by atoms with Gasteiger partial charge in [0.1, 0.15) is 17.8 Å². The molecule has 0 bridgehead atoms. The lowest BCUT2D eigenvalue weighted by Gasteiger charge is -2.33. The fourth-order valence-electron chi connectivity index (χ4n) is 4.27. The number of hydrogen-bond donors (Lipinski definition) is 1. The van der Waals surface area contributed by atoms with Gasteiger partial charge in [-0.25, -0.2) is 9.18 Å². The second-order valence-electron chi connectivity index (χ2n) is 11.2. The molecule has 3 heterocycles. The van der Waals surface area contributed by atoms with Gasteiger partial charge >= 0.3 is 14.3 Å². The molecule has 4 rings (SSSR count). The summed E-state index contributed by atoms with van der Waals surface area (Å²) in [6.07, 6.45) is 2.05. The summed E-state index contributed by atoms with van der Waals surface area (Å²) in [6, 6.07) is 1.90. The van der Waals surface area contributed by atoms with Gasteiger partial charge in [-0.1, -0.05) is 55.4 Å². The molecule has 1 aromatic heterocycles. The molecule has 0 spiro atoms. The first-order valence-electron chi connectivity index (χ1n) is 12.8. The van der Waals surface area contributed by atoms with Gasteiger partial charge in [-0.3, -0.25) is 23.4 Å². The van der Waals surface area contributed by atoms with Crippen LogP contribution < -0.4 is 15.8 Å². The normalized spacial score (nSPS) is 21.6. The lowest BCUT2D eigenvalue weighted by Crippen LogP contribution is -2.33. The SMILES string of the molecule is CC.Cc1cn(C2CCC(COP3OCc4c(F)c(C(C)(C)C)cc(C(C)(C)C)c4O3)O2)c(=O)[nH]c1=O. The van der Waals surface area contributed by atoms with Crippen LogP contribution in [-0.2, 0) is 31.2 Å². The highest BCUT2D eigenvalue weighted by Gasteiger charge is 2.36. The summed E-state index contributed by atoms with van der Waals surface area (Å²) in [4.78, 5) is 26.1. The molecule has 0 aliphatic carbocycles.